The number of fused-ring (bicyclic) bond motifs is 1. The topological polar surface area (TPSA) is 54.3 Å². The number of para-hydroxylation sites is 1. The molecule has 1 aliphatic rings. The highest BCUT2D eigenvalue weighted by atomic mass is 35.5. The van der Waals surface area contributed by atoms with Crippen molar-refractivity contribution in [1.82, 2.24) is 14.8 Å². The van der Waals surface area contributed by atoms with E-state index < -0.39 is 6.03 Å². The van der Waals surface area contributed by atoms with Gasteiger partial charge in [-0.2, -0.15) is 0 Å². The number of aromatic nitrogens is 1. The summed E-state index contributed by atoms with van der Waals surface area (Å²) in [6.45, 7) is 0.598. The van der Waals surface area contributed by atoms with E-state index in [2.05, 4.69) is 9.88 Å². The maximum atomic E-state index is 12.2. The van der Waals surface area contributed by atoms with Gasteiger partial charge in [-0.3, -0.25) is 9.69 Å². The number of nitrogens with zero attached hydrogens (tertiary/aromatic N) is 2. The Morgan fingerprint density at radius 3 is 2.56 bits per heavy atom. The van der Waals surface area contributed by atoms with Gasteiger partial charge in [0.15, 0.2) is 0 Å². The Balaban J connectivity index is 1.76. The average Bonchev–Trinajstić information content (AvgIpc) is 3.11. The lowest BCUT2D eigenvalue weighted by atomic mass is 10.1. The zero-order chi connectivity index (χ0) is 19.1. The van der Waals surface area contributed by atoms with Crippen LogP contribution in [-0.2, 0) is 11.3 Å². The van der Waals surface area contributed by atoms with Crippen LogP contribution in [0.2, 0.25) is 10.0 Å². The fraction of sp³-hybridized carbons (Fsp3) is 0.100. The first-order valence-corrected chi connectivity index (χ1v) is 9.02. The molecular formula is C20H15Cl2N3O2. The van der Waals surface area contributed by atoms with Gasteiger partial charge in [0.05, 0.1) is 10.0 Å². The number of hydrogen-bond acceptors (Lipinski definition) is 2. The van der Waals surface area contributed by atoms with Crippen LogP contribution in [0.25, 0.3) is 17.0 Å². The number of amides is 3. The van der Waals surface area contributed by atoms with Crippen molar-refractivity contribution in [3.05, 3.63) is 75.5 Å². The molecule has 1 aliphatic heterocycles. The number of halogens is 2. The van der Waals surface area contributed by atoms with Crippen molar-refractivity contribution in [3.8, 4) is 0 Å². The number of carbonyl (C=O) groups is 2. The Hall–Kier alpha value is -2.76. The fourth-order valence-electron chi connectivity index (χ4n) is 3.13. The lowest BCUT2D eigenvalue weighted by Crippen LogP contribution is -2.25. The largest absolute Gasteiger partial charge is 0.342 e. The average molecular weight is 400 g/mol. The summed E-state index contributed by atoms with van der Waals surface area (Å²) in [4.78, 5) is 24.9. The Labute approximate surface area is 165 Å². The maximum absolute atomic E-state index is 12.2. The van der Waals surface area contributed by atoms with Crippen molar-refractivity contribution in [3.63, 3.8) is 0 Å². The van der Waals surface area contributed by atoms with Crippen molar-refractivity contribution in [2.45, 2.75) is 6.54 Å². The lowest BCUT2D eigenvalue weighted by Gasteiger charge is -2.06. The molecule has 136 valence electrons. The van der Waals surface area contributed by atoms with Gasteiger partial charge in [0.1, 0.15) is 5.70 Å². The van der Waals surface area contributed by atoms with Gasteiger partial charge in [-0.15, -0.1) is 0 Å². The second-order valence-electron chi connectivity index (χ2n) is 6.33. The van der Waals surface area contributed by atoms with Gasteiger partial charge in [0.25, 0.3) is 5.91 Å². The molecule has 4 rings (SSSR count). The molecule has 0 radical (unpaired) electrons. The number of rotatable bonds is 3. The highest BCUT2D eigenvalue weighted by molar-refractivity contribution is 6.42. The van der Waals surface area contributed by atoms with E-state index in [-0.39, 0.29) is 11.6 Å². The number of carbonyl (C=O) groups excluding carboxylic acids is 2. The van der Waals surface area contributed by atoms with Gasteiger partial charge in [-0.1, -0.05) is 47.5 Å². The van der Waals surface area contributed by atoms with Crippen molar-refractivity contribution < 1.29 is 9.59 Å². The number of nitrogens with one attached hydrogen (secondary N) is 1. The Bertz CT molecular complexity index is 1120. The van der Waals surface area contributed by atoms with E-state index in [1.54, 1.807) is 12.1 Å². The molecule has 0 saturated carbocycles. The van der Waals surface area contributed by atoms with Crippen LogP contribution < -0.4 is 5.32 Å². The number of hydrogen-bond donors (Lipinski definition) is 1. The van der Waals surface area contributed by atoms with Crippen LogP contribution in [0, 0.1) is 0 Å². The third-order valence-corrected chi connectivity index (χ3v) is 5.28. The smallest absolute Gasteiger partial charge is 0.328 e. The molecule has 3 aromatic rings. The summed E-state index contributed by atoms with van der Waals surface area (Å²) in [5.74, 6) is -0.346. The Morgan fingerprint density at radius 1 is 1.07 bits per heavy atom. The van der Waals surface area contributed by atoms with Gasteiger partial charge in [-0.25, -0.2) is 4.79 Å². The van der Waals surface area contributed by atoms with Crippen LogP contribution in [0.5, 0.6) is 0 Å². The van der Waals surface area contributed by atoms with Gasteiger partial charge < -0.3 is 9.88 Å². The number of benzene rings is 2. The predicted molar refractivity (Wildman–Crippen MR) is 107 cm³/mol. The first-order valence-electron chi connectivity index (χ1n) is 8.26. The second-order valence-corrected chi connectivity index (χ2v) is 7.14. The zero-order valence-corrected chi connectivity index (χ0v) is 15.9. The molecule has 3 amide bonds. The molecule has 0 atom stereocenters. The molecule has 0 aliphatic carbocycles. The summed E-state index contributed by atoms with van der Waals surface area (Å²) in [7, 11) is 1.45. The summed E-state index contributed by atoms with van der Waals surface area (Å²) in [5.41, 5.74) is 3.14. The van der Waals surface area contributed by atoms with Crippen molar-refractivity contribution in [2.24, 2.45) is 0 Å². The molecule has 0 bridgehead atoms. The summed E-state index contributed by atoms with van der Waals surface area (Å²) in [6, 6.07) is 13.0. The van der Waals surface area contributed by atoms with E-state index in [0.717, 1.165) is 26.9 Å². The lowest BCUT2D eigenvalue weighted by molar-refractivity contribution is -0.121. The van der Waals surface area contributed by atoms with Crippen LogP contribution in [-0.4, -0.2) is 28.5 Å². The van der Waals surface area contributed by atoms with E-state index in [0.29, 0.717) is 16.6 Å². The van der Waals surface area contributed by atoms with Crippen LogP contribution >= 0.6 is 23.2 Å². The van der Waals surface area contributed by atoms with Crippen molar-refractivity contribution in [1.29, 1.82) is 0 Å². The summed E-state index contributed by atoms with van der Waals surface area (Å²) >= 11 is 12.1. The van der Waals surface area contributed by atoms with Gasteiger partial charge in [-0.05, 0) is 29.8 Å². The monoisotopic (exact) mass is 399 g/mol. The van der Waals surface area contributed by atoms with Crippen LogP contribution in [0.3, 0.4) is 0 Å². The number of urea groups is 1. The quantitative estimate of drug-likeness (QED) is 0.519. The third-order valence-electron chi connectivity index (χ3n) is 4.54. The number of likely N-dealkylation sites (N-methyl/N-ethyl adjacent to an activating group) is 1. The molecule has 5 nitrogen and oxygen atoms in total. The van der Waals surface area contributed by atoms with Crippen molar-refractivity contribution >= 4 is 52.1 Å². The molecule has 27 heavy (non-hydrogen) atoms. The molecule has 1 N–H and O–H groups in total. The summed E-state index contributed by atoms with van der Waals surface area (Å²) in [6.07, 6.45) is 3.66. The Morgan fingerprint density at radius 2 is 1.85 bits per heavy atom. The third kappa shape index (κ3) is 3.20. The molecular weight excluding hydrogens is 385 g/mol. The molecule has 0 spiro atoms. The van der Waals surface area contributed by atoms with E-state index in [1.807, 2.05) is 42.6 Å². The van der Waals surface area contributed by atoms with Gasteiger partial charge in [0, 0.05) is 36.3 Å². The molecule has 1 aromatic heterocycles. The first kappa shape index (κ1) is 17.6. The van der Waals surface area contributed by atoms with Crippen LogP contribution in [0.4, 0.5) is 4.79 Å². The summed E-state index contributed by atoms with van der Waals surface area (Å²) < 4.78 is 2.08. The SMILES string of the molecule is CN1C(=O)N/C(=C/c2cn(Cc3ccc(Cl)c(Cl)c3)c3ccccc23)C1=O. The molecule has 0 unspecified atom stereocenters. The highest BCUT2D eigenvalue weighted by Crippen LogP contribution is 2.27. The minimum absolute atomic E-state index is 0.264. The zero-order valence-electron chi connectivity index (χ0n) is 14.4. The van der Waals surface area contributed by atoms with E-state index in [4.69, 9.17) is 23.2 Å². The minimum atomic E-state index is -0.425. The molecule has 1 fully saturated rings. The van der Waals surface area contributed by atoms with Gasteiger partial charge >= 0.3 is 6.03 Å². The molecule has 2 heterocycles. The van der Waals surface area contributed by atoms with E-state index in [9.17, 15) is 9.59 Å². The number of imide groups is 1. The van der Waals surface area contributed by atoms with E-state index in [1.165, 1.54) is 7.05 Å². The Kier molecular flexibility index (Phi) is 4.42. The first-order chi connectivity index (χ1) is 12.9. The minimum Gasteiger partial charge on any atom is -0.342 e. The molecule has 7 heteroatoms. The van der Waals surface area contributed by atoms with Crippen LogP contribution in [0.1, 0.15) is 11.1 Å². The maximum Gasteiger partial charge on any atom is 0.328 e. The second kappa shape index (κ2) is 6.76. The molecule has 2 aromatic carbocycles. The highest BCUT2D eigenvalue weighted by Gasteiger charge is 2.30. The fourth-order valence-corrected chi connectivity index (χ4v) is 3.46. The molecule has 1 saturated heterocycles. The van der Waals surface area contributed by atoms with Crippen LogP contribution in [0.15, 0.2) is 54.4 Å². The normalized spacial score (nSPS) is 15.8. The summed E-state index contributed by atoms with van der Waals surface area (Å²) in [5, 5.41) is 4.61. The predicted octanol–water partition coefficient (Wildman–Crippen LogP) is 4.52. The standard InChI is InChI=1S/C20H15Cl2N3O2/c1-24-19(26)17(23-20(24)27)9-13-11-25(18-5-3-2-4-14(13)18)10-12-6-7-15(21)16(22)8-12/h2-9,11H,10H2,1H3,(H,23,27)/b17-9+. The van der Waals surface area contributed by atoms with E-state index >= 15 is 0 Å². The van der Waals surface area contributed by atoms with Crippen molar-refractivity contribution in [2.75, 3.05) is 7.05 Å². The van der Waals surface area contributed by atoms with Gasteiger partial charge in [0.2, 0.25) is 0 Å².